The fourth-order valence-corrected chi connectivity index (χ4v) is 4.88. The highest BCUT2D eigenvalue weighted by molar-refractivity contribution is 5.85. The van der Waals surface area contributed by atoms with Crippen LogP contribution >= 0.6 is 0 Å². The smallest absolute Gasteiger partial charge is 0.408 e. The lowest BCUT2D eigenvalue weighted by Crippen LogP contribution is -2.48. The summed E-state index contributed by atoms with van der Waals surface area (Å²) in [5, 5.41) is 8.31. The standard InChI is InChI=1S/C39H47N5O6/c1-28-17-19-30(20-18-28)31-25-34(32-15-8-10-21-40-32)43-35(26-31)48-24-12-23-41-36(45)33(44-38(47)50-39(2,3)4)16-9-11-22-42-37(46)49-27-29-13-6-5-7-14-29/h5-8,10,13-15,17-21,25-26,33H,9,11-12,16,22-24,27H2,1-4H3,(H,41,45)(H,42,46)(H,44,47). The van der Waals surface area contributed by atoms with Crippen molar-refractivity contribution in [3.05, 3.63) is 102 Å². The van der Waals surface area contributed by atoms with E-state index >= 15 is 0 Å². The quantitative estimate of drug-likeness (QED) is 0.108. The molecule has 3 amide bonds. The van der Waals surface area contributed by atoms with Crippen molar-refractivity contribution in [2.24, 2.45) is 0 Å². The zero-order chi connectivity index (χ0) is 35.8. The summed E-state index contributed by atoms with van der Waals surface area (Å²) in [5.74, 6) is 0.125. The average Bonchev–Trinajstić information content (AvgIpc) is 3.10. The first kappa shape index (κ1) is 37.4. The van der Waals surface area contributed by atoms with E-state index in [2.05, 4.69) is 50.2 Å². The summed E-state index contributed by atoms with van der Waals surface area (Å²) in [7, 11) is 0. The molecule has 1 unspecified atom stereocenters. The molecule has 0 aliphatic carbocycles. The van der Waals surface area contributed by atoms with Crippen LogP contribution in [-0.2, 0) is 20.9 Å². The topological polar surface area (TPSA) is 141 Å². The van der Waals surface area contributed by atoms with Gasteiger partial charge in [0.25, 0.3) is 0 Å². The van der Waals surface area contributed by atoms with Gasteiger partial charge in [-0.05, 0) is 88.3 Å². The Hall–Kier alpha value is -5.45. The zero-order valence-corrected chi connectivity index (χ0v) is 29.2. The van der Waals surface area contributed by atoms with E-state index in [9.17, 15) is 14.4 Å². The molecule has 0 bridgehead atoms. The predicted octanol–water partition coefficient (Wildman–Crippen LogP) is 6.99. The van der Waals surface area contributed by atoms with E-state index in [4.69, 9.17) is 14.2 Å². The number of nitrogens with zero attached hydrogens (tertiary/aromatic N) is 2. The number of carbonyl (C=O) groups excluding carboxylic acids is 3. The Bertz CT molecular complexity index is 1660. The van der Waals surface area contributed by atoms with E-state index in [-0.39, 0.29) is 12.5 Å². The third kappa shape index (κ3) is 13.2. The van der Waals surface area contributed by atoms with Crippen LogP contribution in [0.4, 0.5) is 9.59 Å². The van der Waals surface area contributed by atoms with Crippen molar-refractivity contribution < 1.29 is 28.6 Å². The fourth-order valence-electron chi connectivity index (χ4n) is 4.88. The number of aryl methyl sites for hydroxylation is 1. The van der Waals surface area contributed by atoms with Crippen LogP contribution in [0.1, 0.15) is 57.6 Å². The number of hydrogen-bond donors (Lipinski definition) is 3. The van der Waals surface area contributed by atoms with Gasteiger partial charge in [0, 0.05) is 25.4 Å². The fraction of sp³-hybridized carbons (Fsp3) is 0.359. The Kier molecular flexibility index (Phi) is 14.1. The first-order valence-electron chi connectivity index (χ1n) is 16.9. The molecule has 0 saturated heterocycles. The Balaban J connectivity index is 1.26. The molecule has 264 valence electrons. The van der Waals surface area contributed by atoms with Crippen LogP contribution in [0.15, 0.2) is 91.1 Å². The molecular weight excluding hydrogens is 634 g/mol. The van der Waals surface area contributed by atoms with Gasteiger partial charge in [-0.1, -0.05) is 66.2 Å². The normalized spacial score (nSPS) is 11.6. The number of alkyl carbamates (subject to hydrolysis) is 2. The molecule has 50 heavy (non-hydrogen) atoms. The molecule has 0 aliphatic heterocycles. The summed E-state index contributed by atoms with van der Waals surface area (Å²) in [6, 6.07) is 26.4. The Morgan fingerprint density at radius 3 is 2.24 bits per heavy atom. The molecule has 0 saturated carbocycles. The van der Waals surface area contributed by atoms with Crippen molar-refractivity contribution in [2.45, 2.75) is 71.6 Å². The predicted molar refractivity (Wildman–Crippen MR) is 192 cm³/mol. The third-order valence-electron chi connectivity index (χ3n) is 7.39. The molecule has 2 aromatic heterocycles. The van der Waals surface area contributed by atoms with Crippen molar-refractivity contribution in [3.8, 4) is 28.4 Å². The minimum atomic E-state index is -0.815. The maximum Gasteiger partial charge on any atom is 0.408 e. The average molecular weight is 682 g/mol. The van der Waals surface area contributed by atoms with E-state index in [1.807, 2.05) is 67.6 Å². The lowest BCUT2D eigenvalue weighted by atomic mass is 10.0. The molecule has 11 heteroatoms. The van der Waals surface area contributed by atoms with Gasteiger partial charge in [-0.2, -0.15) is 0 Å². The number of benzene rings is 2. The maximum atomic E-state index is 13.2. The van der Waals surface area contributed by atoms with Crippen molar-refractivity contribution in [1.29, 1.82) is 0 Å². The number of aromatic nitrogens is 2. The van der Waals surface area contributed by atoms with Gasteiger partial charge in [-0.3, -0.25) is 9.78 Å². The molecule has 4 rings (SSSR count). The van der Waals surface area contributed by atoms with E-state index in [1.165, 1.54) is 5.56 Å². The molecule has 0 spiro atoms. The van der Waals surface area contributed by atoms with E-state index in [1.54, 1.807) is 27.0 Å². The summed E-state index contributed by atoms with van der Waals surface area (Å²) in [5.41, 5.74) is 4.78. The van der Waals surface area contributed by atoms with Crippen LogP contribution in [0.5, 0.6) is 5.88 Å². The third-order valence-corrected chi connectivity index (χ3v) is 7.39. The molecule has 3 N–H and O–H groups in total. The SMILES string of the molecule is Cc1ccc(-c2cc(OCCCNC(=O)C(CCCCNC(=O)OCc3ccccc3)NC(=O)OC(C)(C)C)nc(-c3ccccn3)c2)cc1. The molecule has 11 nitrogen and oxygen atoms in total. The molecule has 1 atom stereocenters. The molecule has 0 aliphatic rings. The molecule has 0 radical (unpaired) electrons. The van der Waals surface area contributed by atoms with Gasteiger partial charge >= 0.3 is 12.2 Å². The van der Waals surface area contributed by atoms with E-state index in [0.29, 0.717) is 57.0 Å². The maximum absolute atomic E-state index is 13.2. The summed E-state index contributed by atoms with van der Waals surface area (Å²) in [4.78, 5) is 46.9. The van der Waals surface area contributed by atoms with Crippen LogP contribution in [0.2, 0.25) is 0 Å². The lowest BCUT2D eigenvalue weighted by Gasteiger charge is -2.23. The van der Waals surface area contributed by atoms with Crippen molar-refractivity contribution in [1.82, 2.24) is 25.9 Å². The van der Waals surface area contributed by atoms with Crippen molar-refractivity contribution in [2.75, 3.05) is 19.7 Å². The number of nitrogens with one attached hydrogen (secondary N) is 3. The van der Waals surface area contributed by atoms with Crippen LogP contribution in [0.3, 0.4) is 0 Å². The number of rotatable bonds is 16. The van der Waals surface area contributed by atoms with Crippen molar-refractivity contribution in [3.63, 3.8) is 0 Å². The summed E-state index contributed by atoms with van der Waals surface area (Å²) >= 11 is 0. The first-order chi connectivity index (χ1) is 24.1. The van der Waals surface area contributed by atoms with Crippen LogP contribution in [-0.4, -0.2) is 59.4 Å². The van der Waals surface area contributed by atoms with Gasteiger partial charge in [0.2, 0.25) is 11.8 Å². The second kappa shape index (κ2) is 18.9. The lowest BCUT2D eigenvalue weighted by molar-refractivity contribution is -0.123. The number of ether oxygens (including phenoxy) is 3. The van der Waals surface area contributed by atoms with E-state index in [0.717, 1.165) is 22.4 Å². The number of carbonyl (C=O) groups is 3. The van der Waals surface area contributed by atoms with Crippen LogP contribution < -0.4 is 20.7 Å². The van der Waals surface area contributed by atoms with Gasteiger partial charge in [-0.15, -0.1) is 0 Å². The minimum Gasteiger partial charge on any atom is -0.478 e. The van der Waals surface area contributed by atoms with Crippen LogP contribution in [0.25, 0.3) is 22.5 Å². The van der Waals surface area contributed by atoms with Gasteiger partial charge < -0.3 is 30.2 Å². The largest absolute Gasteiger partial charge is 0.478 e. The summed E-state index contributed by atoms with van der Waals surface area (Å²) in [6.45, 7) is 8.51. The van der Waals surface area contributed by atoms with Gasteiger partial charge in [0.15, 0.2) is 0 Å². The number of amides is 3. The number of unbranched alkanes of at least 4 members (excludes halogenated alkanes) is 1. The van der Waals surface area contributed by atoms with Gasteiger partial charge in [-0.25, -0.2) is 14.6 Å². The number of pyridine rings is 2. The summed E-state index contributed by atoms with van der Waals surface area (Å²) in [6.07, 6.45) is 2.56. The molecule has 2 aromatic carbocycles. The molecular formula is C39H47N5O6. The highest BCUT2D eigenvalue weighted by Crippen LogP contribution is 2.28. The van der Waals surface area contributed by atoms with Gasteiger partial charge in [0.05, 0.1) is 18.0 Å². The monoisotopic (exact) mass is 681 g/mol. The number of hydrogen-bond acceptors (Lipinski definition) is 8. The van der Waals surface area contributed by atoms with Crippen molar-refractivity contribution >= 4 is 18.1 Å². The second-order valence-electron chi connectivity index (χ2n) is 12.8. The summed E-state index contributed by atoms with van der Waals surface area (Å²) < 4.78 is 16.7. The second-order valence-corrected chi connectivity index (χ2v) is 12.8. The first-order valence-corrected chi connectivity index (χ1v) is 16.9. The van der Waals surface area contributed by atoms with Crippen LogP contribution in [0, 0.1) is 6.92 Å². The Labute approximate surface area is 294 Å². The highest BCUT2D eigenvalue weighted by Gasteiger charge is 2.24. The van der Waals surface area contributed by atoms with Gasteiger partial charge in [0.1, 0.15) is 18.2 Å². The molecule has 2 heterocycles. The molecule has 0 fully saturated rings. The zero-order valence-electron chi connectivity index (χ0n) is 29.2. The van der Waals surface area contributed by atoms with E-state index < -0.39 is 23.8 Å². The Morgan fingerprint density at radius 2 is 1.52 bits per heavy atom. The molecule has 4 aromatic rings. The highest BCUT2D eigenvalue weighted by atomic mass is 16.6. The Morgan fingerprint density at radius 1 is 0.780 bits per heavy atom. The minimum absolute atomic E-state index is 0.183.